The highest BCUT2D eigenvalue weighted by Crippen LogP contribution is 2.46. The third-order valence-corrected chi connectivity index (χ3v) is 5.42. The van der Waals surface area contributed by atoms with Crippen LogP contribution in [-0.2, 0) is 16.5 Å². The van der Waals surface area contributed by atoms with Crippen molar-refractivity contribution in [2.75, 3.05) is 0 Å². The van der Waals surface area contributed by atoms with Crippen LogP contribution in [0.5, 0.6) is 0 Å². The van der Waals surface area contributed by atoms with Crippen molar-refractivity contribution < 1.29 is 32.2 Å². The lowest BCUT2D eigenvalue weighted by Crippen LogP contribution is -2.59. The van der Waals surface area contributed by atoms with Gasteiger partial charge in [0.15, 0.2) is 0 Å². The van der Waals surface area contributed by atoms with Crippen molar-refractivity contribution in [2.24, 2.45) is 0 Å². The van der Waals surface area contributed by atoms with Crippen LogP contribution in [0.3, 0.4) is 0 Å². The van der Waals surface area contributed by atoms with E-state index in [0.717, 1.165) is 12.5 Å². The Morgan fingerprint density at radius 1 is 1.18 bits per heavy atom. The van der Waals surface area contributed by atoms with E-state index in [1.165, 1.54) is 6.07 Å². The van der Waals surface area contributed by atoms with Gasteiger partial charge in [0.1, 0.15) is 11.4 Å². The summed E-state index contributed by atoms with van der Waals surface area (Å²) in [6, 6.07) is 2.14. The van der Waals surface area contributed by atoms with E-state index in [1.807, 2.05) is 0 Å². The highest BCUT2D eigenvalue weighted by molar-refractivity contribution is 5.69. The summed E-state index contributed by atoms with van der Waals surface area (Å²) in [7, 11) is 0. The number of ether oxygens (including phenoxy) is 1. The van der Waals surface area contributed by atoms with Crippen LogP contribution in [0.15, 0.2) is 18.2 Å². The number of piperidine rings is 2. The van der Waals surface area contributed by atoms with Crippen LogP contribution in [-0.4, -0.2) is 33.8 Å². The normalized spacial score (nSPS) is 28.2. The number of hydrogen-bond donors (Lipinski definition) is 1. The molecule has 2 atom stereocenters. The minimum atomic E-state index is -4.84. The van der Waals surface area contributed by atoms with Gasteiger partial charge < -0.3 is 14.7 Å². The van der Waals surface area contributed by atoms with Crippen molar-refractivity contribution in [2.45, 2.75) is 82.3 Å². The molecule has 0 radical (unpaired) electrons. The molecule has 0 spiro atoms. The number of rotatable bonds is 1. The summed E-state index contributed by atoms with van der Waals surface area (Å²) >= 11 is 0. The average Bonchev–Trinajstić information content (AvgIpc) is 2.51. The first kappa shape index (κ1) is 20.9. The Morgan fingerprint density at radius 2 is 1.75 bits per heavy atom. The molecule has 2 saturated heterocycles. The number of hydrogen-bond acceptors (Lipinski definition) is 3. The van der Waals surface area contributed by atoms with Gasteiger partial charge in [-0.05, 0) is 46.1 Å². The number of alkyl halides is 3. The van der Waals surface area contributed by atoms with E-state index < -0.39 is 46.9 Å². The molecule has 1 amide bonds. The first-order valence-electron chi connectivity index (χ1n) is 9.42. The first-order chi connectivity index (χ1) is 12.8. The van der Waals surface area contributed by atoms with Crippen molar-refractivity contribution in [3.63, 3.8) is 0 Å². The van der Waals surface area contributed by atoms with Gasteiger partial charge in [-0.2, -0.15) is 13.2 Å². The highest BCUT2D eigenvalue weighted by atomic mass is 19.4. The standard InChI is InChI=1S/C20H25F4NO3/c1-18(2,3)28-17(26)25-12-6-4-7-13(25)11-19(27,10-12)14-8-5-9-15(16(14)21)20(22,23)24/h5,8-9,12-13,27H,4,6-7,10-11H2,1-3H3. The van der Waals surface area contributed by atoms with E-state index in [0.29, 0.717) is 18.9 Å². The van der Waals surface area contributed by atoms with Crippen molar-refractivity contribution in [1.82, 2.24) is 4.90 Å². The molecule has 2 unspecified atom stereocenters. The molecule has 2 bridgehead atoms. The molecule has 1 N–H and O–H groups in total. The number of amides is 1. The Hall–Kier alpha value is -1.83. The van der Waals surface area contributed by atoms with Crippen LogP contribution < -0.4 is 0 Å². The van der Waals surface area contributed by atoms with Crippen LogP contribution in [0.4, 0.5) is 22.4 Å². The Bertz CT molecular complexity index is 743. The highest BCUT2D eigenvalue weighted by Gasteiger charge is 2.50. The van der Waals surface area contributed by atoms with Gasteiger partial charge in [-0.15, -0.1) is 0 Å². The maximum atomic E-state index is 14.7. The predicted molar refractivity (Wildman–Crippen MR) is 94.0 cm³/mol. The van der Waals surface area contributed by atoms with E-state index in [2.05, 4.69) is 0 Å². The molecule has 28 heavy (non-hydrogen) atoms. The molecule has 8 heteroatoms. The average molecular weight is 403 g/mol. The summed E-state index contributed by atoms with van der Waals surface area (Å²) in [4.78, 5) is 14.2. The zero-order chi connectivity index (χ0) is 20.9. The van der Waals surface area contributed by atoms with Gasteiger partial charge >= 0.3 is 12.3 Å². The second-order valence-electron chi connectivity index (χ2n) is 8.73. The maximum absolute atomic E-state index is 14.7. The van der Waals surface area contributed by atoms with Gasteiger partial charge in [0.25, 0.3) is 0 Å². The second-order valence-corrected chi connectivity index (χ2v) is 8.73. The Labute approximate surface area is 161 Å². The van der Waals surface area contributed by atoms with Crippen molar-refractivity contribution in [3.8, 4) is 0 Å². The number of benzene rings is 1. The molecule has 1 aromatic rings. The minimum Gasteiger partial charge on any atom is -0.444 e. The molecule has 0 aromatic heterocycles. The summed E-state index contributed by atoms with van der Waals surface area (Å²) in [5.74, 6) is -1.44. The van der Waals surface area contributed by atoms with E-state index >= 15 is 0 Å². The van der Waals surface area contributed by atoms with Gasteiger partial charge in [-0.3, -0.25) is 0 Å². The fourth-order valence-corrected chi connectivity index (χ4v) is 4.37. The van der Waals surface area contributed by atoms with Crippen LogP contribution in [0, 0.1) is 5.82 Å². The second kappa shape index (κ2) is 6.90. The van der Waals surface area contributed by atoms with E-state index in [1.54, 1.807) is 25.7 Å². The molecule has 2 heterocycles. The molecule has 2 aliphatic rings. The number of carbonyl (C=O) groups excluding carboxylic acids is 1. The molecule has 4 nitrogen and oxygen atoms in total. The van der Waals surface area contributed by atoms with Gasteiger partial charge in [0, 0.05) is 30.5 Å². The molecule has 2 fully saturated rings. The van der Waals surface area contributed by atoms with Crippen molar-refractivity contribution in [3.05, 3.63) is 35.1 Å². The lowest BCUT2D eigenvalue weighted by molar-refractivity contribution is -0.140. The molecule has 3 rings (SSSR count). The summed E-state index contributed by atoms with van der Waals surface area (Å²) in [6.45, 7) is 5.25. The van der Waals surface area contributed by atoms with Crippen LogP contribution in [0.2, 0.25) is 0 Å². The van der Waals surface area contributed by atoms with Crippen LogP contribution in [0.25, 0.3) is 0 Å². The number of nitrogens with zero attached hydrogens (tertiary/aromatic N) is 1. The fourth-order valence-electron chi connectivity index (χ4n) is 4.37. The van der Waals surface area contributed by atoms with Gasteiger partial charge in [-0.1, -0.05) is 12.1 Å². The molecule has 0 aliphatic carbocycles. The zero-order valence-electron chi connectivity index (χ0n) is 16.1. The smallest absolute Gasteiger partial charge is 0.419 e. The lowest BCUT2D eigenvalue weighted by Gasteiger charge is -2.51. The number of fused-ring (bicyclic) bond motifs is 2. The van der Waals surface area contributed by atoms with Crippen LogP contribution >= 0.6 is 0 Å². The quantitative estimate of drug-likeness (QED) is 0.673. The summed E-state index contributed by atoms with van der Waals surface area (Å²) in [6.07, 6.45) is -3.41. The third-order valence-electron chi connectivity index (χ3n) is 5.42. The largest absolute Gasteiger partial charge is 0.444 e. The predicted octanol–water partition coefficient (Wildman–Crippen LogP) is 4.98. The number of carbonyl (C=O) groups is 1. The summed E-state index contributed by atoms with van der Waals surface area (Å²) in [5.41, 5.74) is -4.20. The Kier molecular flexibility index (Phi) is 5.15. The lowest BCUT2D eigenvalue weighted by atomic mass is 9.72. The Balaban J connectivity index is 1.92. The molecule has 1 aromatic carbocycles. The zero-order valence-corrected chi connectivity index (χ0v) is 16.1. The number of aliphatic hydroxyl groups is 1. The van der Waals surface area contributed by atoms with E-state index in [9.17, 15) is 27.5 Å². The summed E-state index contributed by atoms with van der Waals surface area (Å²) < 4.78 is 59.4. The fraction of sp³-hybridized carbons (Fsp3) is 0.650. The van der Waals surface area contributed by atoms with Crippen molar-refractivity contribution >= 4 is 6.09 Å². The topological polar surface area (TPSA) is 49.8 Å². The monoisotopic (exact) mass is 403 g/mol. The van der Waals surface area contributed by atoms with Crippen molar-refractivity contribution in [1.29, 1.82) is 0 Å². The van der Waals surface area contributed by atoms with Crippen LogP contribution in [0.1, 0.15) is 64.0 Å². The molecule has 0 saturated carbocycles. The summed E-state index contributed by atoms with van der Waals surface area (Å²) in [5, 5.41) is 11.2. The maximum Gasteiger partial charge on any atom is 0.419 e. The molecule has 156 valence electrons. The number of halogens is 4. The van der Waals surface area contributed by atoms with Gasteiger partial charge in [0.05, 0.1) is 11.2 Å². The molecule has 2 aliphatic heterocycles. The van der Waals surface area contributed by atoms with Gasteiger partial charge in [-0.25, -0.2) is 9.18 Å². The molecular weight excluding hydrogens is 378 g/mol. The van der Waals surface area contributed by atoms with Gasteiger partial charge in [0.2, 0.25) is 0 Å². The SMILES string of the molecule is CC(C)(C)OC(=O)N1C2CCCC1CC(O)(c1cccc(C(F)(F)F)c1F)C2. The van der Waals surface area contributed by atoms with E-state index in [-0.39, 0.29) is 18.4 Å². The Morgan fingerprint density at radius 3 is 2.25 bits per heavy atom. The third kappa shape index (κ3) is 3.97. The minimum absolute atomic E-state index is 0.0268. The first-order valence-corrected chi connectivity index (χ1v) is 9.42. The van der Waals surface area contributed by atoms with E-state index in [4.69, 9.17) is 4.74 Å². The molecular formula is C20H25F4NO3.